The lowest BCUT2D eigenvalue weighted by molar-refractivity contribution is -0.117. The molecule has 0 aliphatic carbocycles. The molecule has 1 aromatic carbocycles. The van der Waals surface area contributed by atoms with Crippen LogP contribution in [-0.4, -0.2) is 11.1 Å². The highest BCUT2D eigenvalue weighted by Gasteiger charge is 2.16. The summed E-state index contributed by atoms with van der Waals surface area (Å²) < 4.78 is 4.86. The van der Waals surface area contributed by atoms with E-state index in [9.17, 15) is 4.79 Å². The first-order valence-corrected chi connectivity index (χ1v) is 5.62. The smallest absolute Gasteiger partial charge is 0.247 e. The van der Waals surface area contributed by atoms with E-state index < -0.39 is 6.04 Å². The number of carbonyl (C=O) groups is 1. The van der Waals surface area contributed by atoms with Gasteiger partial charge in [0.1, 0.15) is 11.8 Å². The molecular weight excluding hydrogens is 230 g/mol. The average Bonchev–Trinajstić information content (AvgIpc) is 2.75. The molecule has 2 aromatic rings. The summed E-state index contributed by atoms with van der Waals surface area (Å²) in [6.45, 7) is 3.73. The van der Waals surface area contributed by atoms with Gasteiger partial charge in [0.15, 0.2) is 5.82 Å². The summed E-state index contributed by atoms with van der Waals surface area (Å²) in [5.41, 5.74) is 7.76. The van der Waals surface area contributed by atoms with E-state index >= 15 is 0 Å². The van der Waals surface area contributed by atoms with E-state index in [2.05, 4.69) is 10.5 Å². The molecule has 0 radical (unpaired) electrons. The molecule has 1 atom stereocenters. The third kappa shape index (κ3) is 2.75. The van der Waals surface area contributed by atoms with Gasteiger partial charge in [0.25, 0.3) is 0 Å². The van der Waals surface area contributed by atoms with Crippen molar-refractivity contribution < 1.29 is 9.32 Å². The summed E-state index contributed by atoms with van der Waals surface area (Å²) in [5.74, 6) is 0.696. The van der Waals surface area contributed by atoms with E-state index in [-0.39, 0.29) is 5.91 Å². The van der Waals surface area contributed by atoms with E-state index in [1.165, 1.54) is 0 Å². The monoisotopic (exact) mass is 245 g/mol. The predicted octanol–water partition coefficient (Wildman–Crippen LogP) is 1.93. The standard InChI is InChI=1S/C13H15N3O2/c1-8-3-5-10(6-4-8)12(14)13(17)15-11-7-9(2)18-16-11/h3-7,12H,14H2,1-2H3,(H,15,16,17). The maximum Gasteiger partial charge on any atom is 0.247 e. The zero-order chi connectivity index (χ0) is 13.1. The summed E-state index contributed by atoms with van der Waals surface area (Å²) >= 11 is 0. The van der Waals surface area contributed by atoms with Crippen LogP contribution in [-0.2, 0) is 4.79 Å². The van der Waals surface area contributed by atoms with Crippen LogP contribution in [0.3, 0.4) is 0 Å². The Morgan fingerprint density at radius 2 is 2.00 bits per heavy atom. The summed E-state index contributed by atoms with van der Waals surface area (Å²) in [5, 5.41) is 6.29. The third-order valence-electron chi connectivity index (χ3n) is 2.60. The molecule has 0 aliphatic rings. The lowest BCUT2D eigenvalue weighted by Gasteiger charge is -2.11. The van der Waals surface area contributed by atoms with E-state index in [1.54, 1.807) is 13.0 Å². The first-order chi connectivity index (χ1) is 8.56. The Morgan fingerprint density at radius 1 is 1.33 bits per heavy atom. The quantitative estimate of drug-likeness (QED) is 0.865. The topological polar surface area (TPSA) is 81.2 Å². The molecule has 3 N–H and O–H groups in total. The van der Waals surface area contributed by atoms with Crippen molar-refractivity contribution in [3.63, 3.8) is 0 Å². The number of carbonyl (C=O) groups excluding carboxylic acids is 1. The minimum Gasteiger partial charge on any atom is -0.360 e. The molecule has 5 heteroatoms. The normalized spacial score (nSPS) is 12.2. The van der Waals surface area contributed by atoms with Gasteiger partial charge in [0, 0.05) is 6.07 Å². The Hall–Kier alpha value is -2.14. The summed E-state index contributed by atoms with van der Waals surface area (Å²) in [7, 11) is 0. The number of nitrogens with one attached hydrogen (secondary N) is 1. The van der Waals surface area contributed by atoms with E-state index in [1.807, 2.05) is 31.2 Å². The van der Waals surface area contributed by atoms with Crippen LogP contribution >= 0.6 is 0 Å². The Balaban J connectivity index is 2.07. The van der Waals surface area contributed by atoms with Crippen molar-refractivity contribution in [2.75, 3.05) is 5.32 Å². The number of aromatic nitrogens is 1. The van der Waals surface area contributed by atoms with Gasteiger partial charge in [-0.05, 0) is 19.4 Å². The first kappa shape index (κ1) is 12.3. The molecule has 0 saturated carbocycles. The minimum atomic E-state index is -0.720. The van der Waals surface area contributed by atoms with Gasteiger partial charge < -0.3 is 15.6 Å². The number of benzene rings is 1. The highest BCUT2D eigenvalue weighted by atomic mass is 16.5. The summed E-state index contributed by atoms with van der Waals surface area (Å²) in [6, 6.07) is 8.44. The molecular formula is C13H15N3O2. The van der Waals surface area contributed by atoms with Crippen molar-refractivity contribution in [2.24, 2.45) is 5.73 Å². The van der Waals surface area contributed by atoms with Crippen LogP contribution < -0.4 is 11.1 Å². The van der Waals surface area contributed by atoms with E-state index in [4.69, 9.17) is 10.3 Å². The number of nitrogens with zero attached hydrogens (tertiary/aromatic N) is 1. The molecule has 94 valence electrons. The zero-order valence-electron chi connectivity index (χ0n) is 10.3. The third-order valence-corrected chi connectivity index (χ3v) is 2.60. The van der Waals surface area contributed by atoms with Crippen LogP contribution in [0.15, 0.2) is 34.9 Å². The SMILES string of the molecule is Cc1ccc(C(N)C(=O)Nc2cc(C)on2)cc1. The maximum absolute atomic E-state index is 11.9. The van der Waals surface area contributed by atoms with Gasteiger partial charge in [-0.3, -0.25) is 4.79 Å². The van der Waals surface area contributed by atoms with Crippen LogP contribution in [0.4, 0.5) is 5.82 Å². The van der Waals surface area contributed by atoms with E-state index in [0.717, 1.165) is 11.1 Å². The molecule has 0 aliphatic heterocycles. The van der Waals surface area contributed by atoms with Crippen molar-refractivity contribution in [1.82, 2.24) is 5.16 Å². The maximum atomic E-state index is 11.9. The number of amides is 1. The van der Waals surface area contributed by atoms with Crippen LogP contribution in [0.1, 0.15) is 22.9 Å². The molecule has 1 aromatic heterocycles. The van der Waals surface area contributed by atoms with Crippen molar-refractivity contribution in [3.05, 3.63) is 47.2 Å². The second kappa shape index (κ2) is 5.01. The van der Waals surface area contributed by atoms with E-state index in [0.29, 0.717) is 11.6 Å². The Morgan fingerprint density at radius 3 is 2.56 bits per heavy atom. The fourth-order valence-corrected chi connectivity index (χ4v) is 1.55. The van der Waals surface area contributed by atoms with Crippen LogP contribution in [0.5, 0.6) is 0 Å². The molecule has 1 heterocycles. The summed E-state index contributed by atoms with van der Waals surface area (Å²) in [4.78, 5) is 11.9. The van der Waals surface area contributed by atoms with Gasteiger partial charge in [-0.15, -0.1) is 0 Å². The lowest BCUT2D eigenvalue weighted by Crippen LogP contribution is -2.27. The molecule has 0 spiro atoms. The zero-order valence-corrected chi connectivity index (χ0v) is 10.3. The highest BCUT2D eigenvalue weighted by Crippen LogP contribution is 2.14. The summed E-state index contributed by atoms with van der Waals surface area (Å²) in [6.07, 6.45) is 0. The number of rotatable bonds is 3. The Bertz CT molecular complexity index is 546. The van der Waals surface area contributed by atoms with Gasteiger partial charge in [-0.2, -0.15) is 0 Å². The van der Waals surface area contributed by atoms with Gasteiger partial charge in [-0.1, -0.05) is 35.0 Å². The molecule has 0 saturated heterocycles. The van der Waals surface area contributed by atoms with Crippen LogP contribution in [0.25, 0.3) is 0 Å². The fourth-order valence-electron chi connectivity index (χ4n) is 1.55. The van der Waals surface area contributed by atoms with Crippen molar-refractivity contribution in [1.29, 1.82) is 0 Å². The Labute approximate surface area is 105 Å². The van der Waals surface area contributed by atoms with Gasteiger partial charge in [0.05, 0.1) is 0 Å². The van der Waals surface area contributed by atoms with Gasteiger partial charge in [0.2, 0.25) is 5.91 Å². The lowest BCUT2D eigenvalue weighted by atomic mass is 10.1. The molecule has 0 bridgehead atoms. The first-order valence-electron chi connectivity index (χ1n) is 5.62. The highest BCUT2D eigenvalue weighted by molar-refractivity contribution is 5.94. The van der Waals surface area contributed by atoms with Crippen molar-refractivity contribution in [2.45, 2.75) is 19.9 Å². The van der Waals surface area contributed by atoms with Crippen LogP contribution in [0.2, 0.25) is 0 Å². The number of hydrogen-bond donors (Lipinski definition) is 2. The molecule has 0 fully saturated rings. The van der Waals surface area contributed by atoms with Gasteiger partial charge >= 0.3 is 0 Å². The second-order valence-electron chi connectivity index (χ2n) is 4.20. The molecule has 1 amide bonds. The minimum absolute atomic E-state index is 0.313. The number of hydrogen-bond acceptors (Lipinski definition) is 4. The molecule has 1 unspecified atom stereocenters. The van der Waals surface area contributed by atoms with Crippen LogP contribution in [0, 0.1) is 13.8 Å². The number of nitrogens with two attached hydrogens (primary N) is 1. The van der Waals surface area contributed by atoms with Gasteiger partial charge in [-0.25, -0.2) is 0 Å². The predicted molar refractivity (Wildman–Crippen MR) is 68.0 cm³/mol. The number of anilines is 1. The molecule has 18 heavy (non-hydrogen) atoms. The average molecular weight is 245 g/mol. The van der Waals surface area contributed by atoms with Crippen molar-refractivity contribution in [3.8, 4) is 0 Å². The Kier molecular flexibility index (Phi) is 3.43. The molecule has 2 rings (SSSR count). The largest absolute Gasteiger partial charge is 0.360 e. The number of aryl methyl sites for hydroxylation is 2. The molecule has 5 nitrogen and oxygen atoms in total. The fraction of sp³-hybridized carbons (Fsp3) is 0.231. The second-order valence-corrected chi connectivity index (χ2v) is 4.20. The van der Waals surface area contributed by atoms with Crippen molar-refractivity contribution >= 4 is 11.7 Å².